The number of thiazole rings is 1. The molecular weight excluding hydrogens is 336 g/mol. The summed E-state index contributed by atoms with van der Waals surface area (Å²) in [5, 5.41) is 2.87. The monoisotopic (exact) mass is 356 g/mol. The molecule has 0 atom stereocenters. The fourth-order valence-corrected chi connectivity index (χ4v) is 4.51. The molecule has 124 valence electrons. The Kier molecular flexibility index (Phi) is 5.21. The summed E-state index contributed by atoms with van der Waals surface area (Å²) in [6, 6.07) is 10.3. The summed E-state index contributed by atoms with van der Waals surface area (Å²) >= 11 is 3.25. The molecule has 3 aromatic rings. The predicted octanol–water partition coefficient (Wildman–Crippen LogP) is 4.98. The molecule has 0 saturated heterocycles. The molecule has 0 spiro atoms. The lowest BCUT2D eigenvalue weighted by Crippen LogP contribution is -2.05. The number of hydrogen-bond acceptors (Lipinski definition) is 4. The highest BCUT2D eigenvalue weighted by Gasteiger charge is 2.17. The van der Waals surface area contributed by atoms with Gasteiger partial charge in [0.25, 0.3) is 0 Å². The van der Waals surface area contributed by atoms with Crippen molar-refractivity contribution in [3.8, 4) is 5.13 Å². The Morgan fingerprint density at radius 1 is 1.25 bits per heavy atom. The highest BCUT2D eigenvalue weighted by atomic mass is 32.2. The molecule has 24 heavy (non-hydrogen) atoms. The lowest BCUT2D eigenvalue weighted by molar-refractivity contribution is 0.102. The van der Waals surface area contributed by atoms with Crippen molar-refractivity contribution >= 4 is 28.9 Å². The second-order valence-corrected chi connectivity index (χ2v) is 7.64. The number of carbonyl (C=O) groups excluding carboxylic acids is 1. The number of thioether (sulfide) groups is 1. The van der Waals surface area contributed by atoms with Gasteiger partial charge in [-0.1, -0.05) is 24.3 Å². The van der Waals surface area contributed by atoms with E-state index in [1.165, 1.54) is 11.1 Å². The predicted molar refractivity (Wildman–Crippen MR) is 103 cm³/mol. The number of rotatable bonds is 6. The molecule has 1 aromatic carbocycles. The number of hydrogen-bond donors (Lipinski definition) is 0. The molecule has 0 aliphatic carbocycles. The topological polar surface area (TPSA) is 34.9 Å². The lowest BCUT2D eigenvalue weighted by atomic mass is 10.1. The van der Waals surface area contributed by atoms with Gasteiger partial charge in [0, 0.05) is 34.3 Å². The van der Waals surface area contributed by atoms with E-state index in [0.29, 0.717) is 5.75 Å². The summed E-state index contributed by atoms with van der Waals surface area (Å²) in [5.41, 5.74) is 5.40. The minimum Gasteiger partial charge on any atom is -0.294 e. The molecule has 0 aliphatic rings. The maximum Gasteiger partial charge on any atom is 0.193 e. The van der Waals surface area contributed by atoms with Gasteiger partial charge in [0.15, 0.2) is 10.9 Å². The Labute approximate surface area is 150 Å². The smallest absolute Gasteiger partial charge is 0.193 e. The van der Waals surface area contributed by atoms with Crippen molar-refractivity contribution in [1.29, 1.82) is 0 Å². The number of carbonyl (C=O) groups is 1. The molecule has 3 nitrogen and oxygen atoms in total. The van der Waals surface area contributed by atoms with Gasteiger partial charge in [0.05, 0.1) is 5.75 Å². The van der Waals surface area contributed by atoms with Gasteiger partial charge in [-0.15, -0.1) is 23.1 Å². The third kappa shape index (κ3) is 3.47. The summed E-state index contributed by atoms with van der Waals surface area (Å²) in [4.78, 5) is 17.0. The number of aryl methyl sites for hydroxylation is 2. The van der Waals surface area contributed by atoms with Crippen LogP contribution >= 0.6 is 23.1 Å². The zero-order chi connectivity index (χ0) is 17.1. The van der Waals surface area contributed by atoms with E-state index in [1.807, 2.05) is 37.4 Å². The lowest BCUT2D eigenvalue weighted by Gasteiger charge is -2.06. The third-order valence-corrected chi connectivity index (χ3v) is 5.83. The average molecular weight is 357 g/mol. The van der Waals surface area contributed by atoms with Crippen molar-refractivity contribution in [2.75, 3.05) is 5.75 Å². The van der Waals surface area contributed by atoms with E-state index >= 15 is 0 Å². The van der Waals surface area contributed by atoms with Gasteiger partial charge in [0.1, 0.15) is 0 Å². The number of aromatic nitrogens is 2. The van der Waals surface area contributed by atoms with E-state index in [0.717, 1.165) is 27.8 Å². The zero-order valence-corrected chi connectivity index (χ0v) is 15.7. The first-order valence-electron chi connectivity index (χ1n) is 7.82. The van der Waals surface area contributed by atoms with Gasteiger partial charge >= 0.3 is 0 Å². The number of ketones is 1. The minimum absolute atomic E-state index is 0.185. The molecule has 0 amide bonds. The van der Waals surface area contributed by atoms with Crippen LogP contribution in [0.15, 0.2) is 41.9 Å². The molecule has 2 heterocycles. The number of nitrogens with zero attached hydrogens (tertiary/aromatic N) is 2. The maximum atomic E-state index is 12.6. The first-order chi connectivity index (χ1) is 11.6. The van der Waals surface area contributed by atoms with Crippen LogP contribution in [0.3, 0.4) is 0 Å². The van der Waals surface area contributed by atoms with Crippen molar-refractivity contribution in [3.05, 3.63) is 70.0 Å². The molecule has 0 radical (unpaired) electrons. The Morgan fingerprint density at radius 3 is 2.75 bits per heavy atom. The van der Waals surface area contributed by atoms with E-state index in [-0.39, 0.29) is 5.78 Å². The van der Waals surface area contributed by atoms with Gasteiger partial charge < -0.3 is 0 Å². The molecule has 0 saturated carbocycles. The van der Waals surface area contributed by atoms with Crippen molar-refractivity contribution in [2.24, 2.45) is 0 Å². The van der Waals surface area contributed by atoms with Gasteiger partial charge in [-0.3, -0.25) is 9.36 Å². The highest BCUT2D eigenvalue weighted by Crippen LogP contribution is 2.24. The summed E-state index contributed by atoms with van der Waals surface area (Å²) in [6.07, 6.45) is 1.79. The largest absolute Gasteiger partial charge is 0.294 e. The molecule has 0 aliphatic heterocycles. The molecule has 0 fully saturated rings. The van der Waals surface area contributed by atoms with Crippen LogP contribution in [-0.4, -0.2) is 21.1 Å². The van der Waals surface area contributed by atoms with Crippen LogP contribution in [0.25, 0.3) is 5.13 Å². The summed E-state index contributed by atoms with van der Waals surface area (Å²) in [5.74, 6) is 1.55. The fourth-order valence-electron chi connectivity index (χ4n) is 2.77. The average Bonchev–Trinajstić information content (AvgIpc) is 3.17. The maximum absolute atomic E-state index is 12.6. The molecule has 2 aromatic heterocycles. The number of benzene rings is 1. The van der Waals surface area contributed by atoms with Crippen LogP contribution in [0.1, 0.15) is 32.9 Å². The second-order valence-electron chi connectivity index (χ2n) is 5.78. The Morgan fingerprint density at radius 2 is 2.04 bits per heavy atom. The van der Waals surface area contributed by atoms with E-state index in [1.54, 1.807) is 29.3 Å². The van der Waals surface area contributed by atoms with Crippen molar-refractivity contribution in [2.45, 2.75) is 26.5 Å². The van der Waals surface area contributed by atoms with Crippen molar-refractivity contribution in [3.63, 3.8) is 0 Å². The zero-order valence-electron chi connectivity index (χ0n) is 14.1. The van der Waals surface area contributed by atoms with E-state index in [9.17, 15) is 4.79 Å². The van der Waals surface area contributed by atoms with E-state index < -0.39 is 0 Å². The van der Waals surface area contributed by atoms with Crippen LogP contribution in [-0.2, 0) is 5.75 Å². The van der Waals surface area contributed by atoms with Crippen LogP contribution in [0.4, 0.5) is 0 Å². The standard InChI is InChI=1S/C19H20N2OS2/c1-13-6-4-5-7-16(13)11-23-12-18(22)17-10-14(2)21(15(17)3)19-20-8-9-24-19/h4-10H,11-12H2,1-3H3. The van der Waals surface area contributed by atoms with Gasteiger partial charge in [-0.2, -0.15) is 0 Å². The van der Waals surface area contributed by atoms with E-state index in [4.69, 9.17) is 0 Å². The molecule has 0 N–H and O–H groups in total. The summed E-state index contributed by atoms with van der Waals surface area (Å²) in [6.45, 7) is 6.12. The Hall–Kier alpha value is -1.85. The quantitative estimate of drug-likeness (QED) is 0.585. The van der Waals surface area contributed by atoms with Crippen molar-refractivity contribution in [1.82, 2.24) is 9.55 Å². The van der Waals surface area contributed by atoms with Gasteiger partial charge in [0.2, 0.25) is 0 Å². The second kappa shape index (κ2) is 7.36. The Balaban J connectivity index is 1.70. The van der Waals surface area contributed by atoms with E-state index in [2.05, 4.69) is 28.6 Å². The number of Topliss-reactive ketones (excluding diaryl/α,β-unsaturated/α-hetero) is 1. The van der Waals surface area contributed by atoms with Crippen LogP contribution in [0.2, 0.25) is 0 Å². The SMILES string of the molecule is Cc1ccccc1CSCC(=O)c1cc(C)n(-c2nccs2)c1C. The first-order valence-corrected chi connectivity index (χ1v) is 9.85. The summed E-state index contributed by atoms with van der Waals surface area (Å²) < 4.78 is 2.06. The van der Waals surface area contributed by atoms with Gasteiger partial charge in [-0.05, 0) is 38.0 Å². The molecule has 0 unspecified atom stereocenters. The summed E-state index contributed by atoms with van der Waals surface area (Å²) in [7, 11) is 0. The molecular formula is C19H20N2OS2. The molecule has 0 bridgehead atoms. The third-order valence-electron chi connectivity index (χ3n) is 4.09. The van der Waals surface area contributed by atoms with Crippen molar-refractivity contribution < 1.29 is 4.79 Å². The normalized spacial score (nSPS) is 11.0. The minimum atomic E-state index is 0.185. The van der Waals surface area contributed by atoms with Gasteiger partial charge in [-0.25, -0.2) is 4.98 Å². The molecule has 3 rings (SSSR count). The van der Waals surface area contributed by atoms with Crippen LogP contribution < -0.4 is 0 Å². The van der Waals surface area contributed by atoms with Crippen LogP contribution in [0, 0.1) is 20.8 Å². The van der Waals surface area contributed by atoms with Crippen LogP contribution in [0.5, 0.6) is 0 Å². The first kappa shape index (κ1) is 17.0. The molecule has 5 heteroatoms. The Bertz CT molecular complexity index is 850. The highest BCUT2D eigenvalue weighted by molar-refractivity contribution is 7.99. The fraction of sp³-hybridized carbons (Fsp3) is 0.263.